The van der Waals surface area contributed by atoms with Crippen LogP contribution >= 0.6 is 23.2 Å². The molecule has 0 N–H and O–H groups in total. The van der Waals surface area contributed by atoms with Crippen molar-refractivity contribution in [2.75, 3.05) is 0 Å². The quantitative estimate of drug-likeness (QED) is 0.475. The third-order valence-corrected chi connectivity index (χ3v) is 2.91. The van der Waals surface area contributed by atoms with Crippen molar-refractivity contribution in [3.8, 4) is 5.75 Å². The van der Waals surface area contributed by atoms with Gasteiger partial charge in [0.2, 0.25) is 0 Å². The number of carbonyl (C=O) groups excluding carboxylic acids is 1. The van der Waals surface area contributed by atoms with Gasteiger partial charge in [-0.15, -0.1) is 0 Å². The molecule has 8 heteroatoms. The van der Waals surface area contributed by atoms with Crippen LogP contribution in [0.4, 0.5) is 5.69 Å². The van der Waals surface area contributed by atoms with Crippen LogP contribution in [0.2, 0.25) is 10.0 Å². The summed E-state index contributed by atoms with van der Waals surface area (Å²) in [6, 6.07) is 5.34. The molecule has 0 amide bonds. The third kappa shape index (κ3) is 3.09. The standard InChI is InChI=1S/C12H7Cl2NO5/c13-10-3-7(15(17)18)4-11(14)12(10)19-6-9-2-1-8(5-16)20-9/h1-5H,6H2. The van der Waals surface area contributed by atoms with Crippen LogP contribution in [0, 0.1) is 10.1 Å². The summed E-state index contributed by atoms with van der Waals surface area (Å²) in [4.78, 5) is 20.5. The average Bonchev–Trinajstić information content (AvgIpc) is 2.85. The van der Waals surface area contributed by atoms with Gasteiger partial charge < -0.3 is 9.15 Å². The molecule has 2 aromatic rings. The number of ether oxygens (including phenoxy) is 1. The summed E-state index contributed by atoms with van der Waals surface area (Å²) in [6.45, 7) is -0.00884. The predicted octanol–water partition coefficient (Wildman–Crippen LogP) is 3.89. The normalized spacial score (nSPS) is 10.3. The van der Waals surface area contributed by atoms with Gasteiger partial charge in [0, 0.05) is 12.1 Å². The maximum atomic E-state index is 10.6. The largest absolute Gasteiger partial charge is 0.483 e. The Bertz CT molecular complexity index is 645. The van der Waals surface area contributed by atoms with Crippen molar-refractivity contribution in [2.45, 2.75) is 6.61 Å². The number of hydrogen-bond acceptors (Lipinski definition) is 5. The van der Waals surface area contributed by atoms with Crippen molar-refractivity contribution in [3.05, 3.63) is 55.9 Å². The van der Waals surface area contributed by atoms with Crippen LogP contribution in [0.5, 0.6) is 5.75 Å². The lowest BCUT2D eigenvalue weighted by Crippen LogP contribution is -1.96. The molecule has 0 fully saturated rings. The van der Waals surface area contributed by atoms with Gasteiger partial charge in [-0.1, -0.05) is 23.2 Å². The van der Waals surface area contributed by atoms with Gasteiger partial charge in [-0.05, 0) is 12.1 Å². The molecule has 0 unspecified atom stereocenters. The number of furan rings is 1. The Hall–Kier alpha value is -2.05. The number of benzene rings is 1. The van der Waals surface area contributed by atoms with Crippen LogP contribution < -0.4 is 4.74 Å². The van der Waals surface area contributed by atoms with Crippen LogP contribution in [0.25, 0.3) is 0 Å². The van der Waals surface area contributed by atoms with Crippen molar-refractivity contribution in [1.29, 1.82) is 0 Å². The SMILES string of the molecule is O=Cc1ccc(COc2c(Cl)cc([N+](=O)[O-])cc2Cl)o1. The highest BCUT2D eigenvalue weighted by atomic mass is 35.5. The first-order chi connectivity index (χ1) is 9.51. The van der Waals surface area contributed by atoms with E-state index in [0.29, 0.717) is 12.0 Å². The van der Waals surface area contributed by atoms with Gasteiger partial charge in [-0.3, -0.25) is 14.9 Å². The number of nitro groups is 1. The van der Waals surface area contributed by atoms with Gasteiger partial charge in [0.15, 0.2) is 17.8 Å². The average molecular weight is 316 g/mol. The van der Waals surface area contributed by atoms with Gasteiger partial charge in [0.25, 0.3) is 5.69 Å². The molecule has 0 spiro atoms. The molecule has 104 valence electrons. The van der Waals surface area contributed by atoms with Gasteiger partial charge in [0.05, 0.1) is 15.0 Å². The van der Waals surface area contributed by atoms with E-state index in [9.17, 15) is 14.9 Å². The predicted molar refractivity (Wildman–Crippen MR) is 71.5 cm³/mol. The van der Waals surface area contributed by atoms with E-state index < -0.39 is 4.92 Å². The molecule has 0 aliphatic heterocycles. The van der Waals surface area contributed by atoms with E-state index in [-0.39, 0.29) is 33.8 Å². The molecule has 1 heterocycles. The highest BCUT2D eigenvalue weighted by molar-refractivity contribution is 6.37. The molecule has 0 aliphatic rings. The van der Waals surface area contributed by atoms with E-state index in [4.69, 9.17) is 32.4 Å². The molecular weight excluding hydrogens is 309 g/mol. The molecule has 20 heavy (non-hydrogen) atoms. The van der Waals surface area contributed by atoms with Crippen LogP contribution in [0.1, 0.15) is 16.3 Å². The fraction of sp³-hybridized carbons (Fsp3) is 0.0833. The minimum Gasteiger partial charge on any atom is -0.483 e. The molecule has 1 aromatic carbocycles. The molecule has 1 aromatic heterocycles. The monoisotopic (exact) mass is 315 g/mol. The Labute approximate surface area is 123 Å². The topological polar surface area (TPSA) is 82.6 Å². The lowest BCUT2D eigenvalue weighted by molar-refractivity contribution is -0.384. The first-order valence-corrected chi connectivity index (χ1v) is 6.07. The maximum Gasteiger partial charge on any atom is 0.272 e. The molecular formula is C12H7Cl2NO5. The number of non-ortho nitro benzene ring substituents is 1. The maximum absolute atomic E-state index is 10.6. The Morgan fingerprint density at radius 3 is 2.45 bits per heavy atom. The Balaban J connectivity index is 2.17. The van der Waals surface area contributed by atoms with Crippen molar-refractivity contribution in [1.82, 2.24) is 0 Å². The highest BCUT2D eigenvalue weighted by Crippen LogP contribution is 2.37. The molecule has 2 rings (SSSR count). The number of hydrogen-bond donors (Lipinski definition) is 0. The second kappa shape index (κ2) is 5.94. The Kier molecular flexibility index (Phi) is 4.26. The molecule has 0 aliphatic carbocycles. The summed E-state index contributed by atoms with van der Waals surface area (Å²) in [6.07, 6.45) is 0.565. The van der Waals surface area contributed by atoms with E-state index in [0.717, 1.165) is 12.1 Å². The molecule has 0 radical (unpaired) electrons. The van der Waals surface area contributed by atoms with Crippen molar-refractivity contribution in [2.24, 2.45) is 0 Å². The number of nitrogens with zero attached hydrogens (tertiary/aromatic N) is 1. The zero-order valence-electron chi connectivity index (χ0n) is 9.84. The highest BCUT2D eigenvalue weighted by Gasteiger charge is 2.16. The number of carbonyl (C=O) groups is 1. The van der Waals surface area contributed by atoms with Crippen molar-refractivity contribution < 1.29 is 18.9 Å². The second-order valence-electron chi connectivity index (χ2n) is 3.71. The van der Waals surface area contributed by atoms with Crippen LogP contribution in [-0.4, -0.2) is 11.2 Å². The van der Waals surface area contributed by atoms with E-state index in [1.807, 2.05) is 0 Å². The Morgan fingerprint density at radius 2 is 1.95 bits per heavy atom. The number of halogens is 2. The Morgan fingerprint density at radius 1 is 1.30 bits per heavy atom. The van der Waals surface area contributed by atoms with E-state index in [1.54, 1.807) is 6.07 Å². The minimum atomic E-state index is -0.607. The summed E-state index contributed by atoms with van der Waals surface area (Å²) < 4.78 is 10.5. The van der Waals surface area contributed by atoms with Gasteiger partial charge in [-0.25, -0.2) is 0 Å². The van der Waals surface area contributed by atoms with Crippen LogP contribution in [-0.2, 0) is 6.61 Å². The van der Waals surface area contributed by atoms with E-state index in [2.05, 4.69) is 0 Å². The van der Waals surface area contributed by atoms with E-state index in [1.165, 1.54) is 6.07 Å². The van der Waals surface area contributed by atoms with Gasteiger partial charge >= 0.3 is 0 Å². The summed E-state index contributed by atoms with van der Waals surface area (Å²) in [7, 11) is 0. The van der Waals surface area contributed by atoms with Crippen LogP contribution in [0.15, 0.2) is 28.7 Å². The number of rotatable bonds is 5. The summed E-state index contributed by atoms with van der Waals surface area (Å²) in [5, 5.41) is 10.7. The molecule has 0 saturated carbocycles. The lowest BCUT2D eigenvalue weighted by atomic mass is 10.3. The van der Waals surface area contributed by atoms with Gasteiger partial charge in [0.1, 0.15) is 12.4 Å². The van der Waals surface area contributed by atoms with Crippen molar-refractivity contribution in [3.63, 3.8) is 0 Å². The lowest BCUT2D eigenvalue weighted by Gasteiger charge is -2.08. The van der Waals surface area contributed by atoms with Crippen molar-refractivity contribution >= 4 is 35.2 Å². The fourth-order valence-electron chi connectivity index (χ4n) is 1.47. The summed E-state index contributed by atoms with van der Waals surface area (Å²) >= 11 is 11.8. The van der Waals surface area contributed by atoms with Gasteiger partial charge in [-0.2, -0.15) is 0 Å². The number of nitro benzene ring substituents is 1. The molecule has 0 bridgehead atoms. The molecule has 6 nitrogen and oxygen atoms in total. The van der Waals surface area contributed by atoms with Crippen LogP contribution in [0.3, 0.4) is 0 Å². The van der Waals surface area contributed by atoms with E-state index >= 15 is 0 Å². The smallest absolute Gasteiger partial charge is 0.272 e. The first-order valence-electron chi connectivity index (χ1n) is 5.31. The first kappa shape index (κ1) is 14.4. The fourth-order valence-corrected chi connectivity index (χ4v) is 2.05. The zero-order valence-corrected chi connectivity index (χ0v) is 11.4. The zero-order chi connectivity index (χ0) is 14.7. The summed E-state index contributed by atoms with van der Waals surface area (Å²) in [5.41, 5.74) is -0.228. The number of aldehydes is 1. The second-order valence-corrected chi connectivity index (χ2v) is 4.52. The molecule has 0 saturated heterocycles. The molecule has 0 atom stereocenters. The minimum absolute atomic E-state index is 0.00884. The third-order valence-electron chi connectivity index (χ3n) is 2.35. The summed E-state index contributed by atoms with van der Waals surface area (Å²) in [5.74, 6) is 0.685.